The van der Waals surface area contributed by atoms with Crippen LogP contribution in [0.2, 0.25) is 0 Å². The monoisotopic (exact) mass is 344 g/mol. The van der Waals surface area contributed by atoms with Gasteiger partial charge in [-0.25, -0.2) is 4.98 Å². The molecule has 7 heteroatoms. The second-order valence-corrected chi connectivity index (χ2v) is 6.50. The summed E-state index contributed by atoms with van der Waals surface area (Å²) >= 11 is 0. The van der Waals surface area contributed by atoms with Gasteiger partial charge in [0.2, 0.25) is 0 Å². The Morgan fingerprint density at radius 2 is 2.00 bits per heavy atom. The Bertz CT molecular complexity index is 749. The summed E-state index contributed by atoms with van der Waals surface area (Å²) in [6, 6.07) is 3.74. The van der Waals surface area contributed by atoms with Crippen molar-refractivity contribution in [3.8, 4) is 5.75 Å². The predicted octanol–water partition coefficient (Wildman–Crippen LogP) is 2.47. The van der Waals surface area contributed by atoms with Gasteiger partial charge in [-0.2, -0.15) is 0 Å². The predicted molar refractivity (Wildman–Crippen MR) is 94.2 cm³/mol. The molecule has 1 aliphatic rings. The zero-order valence-electron chi connectivity index (χ0n) is 15.2. The average Bonchev–Trinajstić information content (AvgIpc) is 3.03. The molecule has 7 nitrogen and oxygen atoms in total. The molecule has 134 valence electrons. The molecule has 3 rings (SSSR count). The van der Waals surface area contributed by atoms with Gasteiger partial charge in [-0.3, -0.25) is 4.79 Å². The van der Waals surface area contributed by atoms with Gasteiger partial charge in [-0.05, 0) is 13.0 Å². The van der Waals surface area contributed by atoms with Crippen molar-refractivity contribution in [2.75, 3.05) is 38.2 Å². The maximum atomic E-state index is 12.9. The van der Waals surface area contributed by atoms with E-state index in [1.807, 2.05) is 37.8 Å². The highest BCUT2D eigenvalue weighted by Gasteiger charge is 2.29. The van der Waals surface area contributed by atoms with Gasteiger partial charge in [0.05, 0.1) is 12.8 Å². The topological polar surface area (TPSA) is 71.7 Å². The molecule has 1 aliphatic heterocycles. The van der Waals surface area contributed by atoms with E-state index in [1.54, 1.807) is 13.3 Å². The molecule has 1 amide bonds. The van der Waals surface area contributed by atoms with Gasteiger partial charge in [0.1, 0.15) is 17.1 Å². The summed E-state index contributed by atoms with van der Waals surface area (Å²) in [7, 11) is 1.64. The highest BCUT2D eigenvalue weighted by molar-refractivity contribution is 5.96. The second-order valence-electron chi connectivity index (χ2n) is 6.50. The van der Waals surface area contributed by atoms with Crippen molar-refractivity contribution < 1.29 is 14.1 Å². The Balaban J connectivity index is 1.70. The molecule has 1 fully saturated rings. The number of aromatic nitrogens is 2. The van der Waals surface area contributed by atoms with Gasteiger partial charge < -0.3 is 19.1 Å². The van der Waals surface area contributed by atoms with Crippen LogP contribution < -0.4 is 9.64 Å². The van der Waals surface area contributed by atoms with E-state index in [4.69, 9.17) is 9.26 Å². The maximum Gasteiger partial charge on any atom is 0.259 e. The first-order valence-electron chi connectivity index (χ1n) is 8.51. The highest BCUT2D eigenvalue weighted by Crippen LogP contribution is 2.25. The molecule has 0 N–H and O–H groups in total. The first kappa shape index (κ1) is 17.3. The fourth-order valence-electron chi connectivity index (χ4n) is 3.04. The van der Waals surface area contributed by atoms with Crippen LogP contribution in [0.3, 0.4) is 0 Å². The fourth-order valence-corrected chi connectivity index (χ4v) is 3.04. The molecule has 1 saturated heterocycles. The van der Waals surface area contributed by atoms with Crippen molar-refractivity contribution in [1.29, 1.82) is 0 Å². The van der Waals surface area contributed by atoms with E-state index in [0.717, 1.165) is 24.7 Å². The van der Waals surface area contributed by atoms with E-state index in [-0.39, 0.29) is 11.8 Å². The number of ether oxygens (including phenoxy) is 1. The van der Waals surface area contributed by atoms with Gasteiger partial charge in [0.15, 0.2) is 5.76 Å². The number of piperazine rings is 1. The molecule has 3 heterocycles. The van der Waals surface area contributed by atoms with Crippen LogP contribution in [0.5, 0.6) is 5.75 Å². The lowest BCUT2D eigenvalue weighted by Crippen LogP contribution is -2.49. The second kappa shape index (κ2) is 7.13. The fraction of sp³-hybridized carbons (Fsp3) is 0.500. The molecule has 0 bridgehead atoms. The largest absolute Gasteiger partial charge is 0.497 e. The average molecular weight is 344 g/mol. The van der Waals surface area contributed by atoms with E-state index in [2.05, 4.69) is 15.0 Å². The molecular formula is C18H24N4O3. The minimum Gasteiger partial charge on any atom is -0.497 e. The summed E-state index contributed by atoms with van der Waals surface area (Å²) < 4.78 is 10.6. The SMILES string of the molecule is COc1ccnc(N2CCN(C(=O)c3c(C)noc3C(C)C)CC2)c1. The normalized spacial score (nSPS) is 14.9. The van der Waals surface area contributed by atoms with Crippen LogP contribution in [-0.4, -0.2) is 54.2 Å². The third kappa shape index (κ3) is 3.45. The van der Waals surface area contributed by atoms with Gasteiger partial charge in [0, 0.05) is 44.4 Å². The minimum absolute atomic E-state index is 0.000649. The molecule has 0 aromatic carbocycles. The zero-order valence-corrected chi connectivity index (χ0v) is 15.2. The molecule has 0 radical (unpaired) electrons. The molecule has 2 aromatic rings. The number of hydrogen-bond donors (Lipinski definition) is 0. The van der Waals surface area contributed by atoms with E-state index >= 15 is 0 Å². The Morgan fingerprint density at radius 1 is 1.28 bits per heavy atom. The smallest absolute Gasteiger partial charge is 0.259 e. The molecule has 2 aromatic heterocycles. The van der Waals surface area contributed by atoms with Crippen LogP contribution in [0.15, 0.2) is 22.9 Å². The Labute approximate surface area is 147 Å². The number of methoxy groups -OCH3 is 1. The van der Waals surface area contributed by atoms with Gasteiger partial charge in [0.25, 0.3) is 5.91 Å². The third-order valence-electron chi connectivity index (χ3n) is 4.47. The number of carbonyl (C=O) groups excluding carboxylic acids is 1. The van der Waals surface area contributed by atoms with E-state index in [1.165, 1.54) is 0 Å². The summed E-state index contributed by atoms with van der Waals surface area (Å²) in [6.07, 6.45) is 1.74. The third-order valence-corrected chi connectivity index (χ3v) is 4.47. The Hall–Kier alpha value is -2.57. The molecule has 25 heavy (non-hydrogen) atoms. The highest BCUT2D eigenvalue weighted by atomic mass is 16.5. The first-order valence-corrected chi connectivity index (χ1v) is 8.51. The summed E-state index contributed by atoms with van der Waals surface area (Å²) in [5, 5.41) is 3.98. The molecule has 0 unspecified atom stereocenters. The molecule has 0 spiro atoms. The van der Waals surface area contributed by atoms with Crippen LogP contribution in [0, 0.1) is 6.92 Å². The quantitative estimate of drug-likeness (QED) is 0.848. The number of pyridine rings is 1. The Morgan fingerprint density at radius 3 is 2.64 bits per heavy atom. The number of amides is 1. The number of carbonyl (C=O) groups is 1. The van der Waals surface area contributed by atoms with Crippen molar-refractivity contribution in [3.63, 3.8) is 0 Å². The number of nitrogens with zero attached hydrogens (tertiary/aromatic N) is 4. The number of hydrogen-bond acceptors (Lipinski definition) is 6. The number of rotatable bonds is 4. The summed E-state index contributed by atoms with van der Waals surface area (Å²) in [4.78, 5) is 21.3. The van der Waals surface area contributed by atoms with Crippen molar-refractivity contribution in [2.45, 2.75) is 26.7 Å². The summed E-state index contributed by atoms with van der Waals surface area (Å²) in [5.41, 5.74) is 1.27. The lowest BCUT2D eigenvalue weighted by Gasteiger charge is -2.35. The van der Waals surface area contributed by atoms with Crippen LogP contribution >= 0.6 is 0 Å². The molecule has 0 aliphatic carbocycles. The van der Waals surface area contributed by atoms with Gasteiger partial charge >= 0.3 is 0 Å². The van der Waals surface area contributed by atoms with Crippen LogP contribution in [0.25, 0.3) is 0 Å². The summed E-state index contributed by atoms with van der Waals surface area (Å²) in [6.45, 7) is 8.56. The summed E-state index contributed by atoms with van der Waals surface area (Å²) in [5.74, 6) is 2.45. The lowest BCUT2D eigenvalue weighted by atomic mass is 10.0. The van der Waals surface area contributed by atoms with E-state index in [0.29, 0.717) is 30.1 Å². The first-order chi connectivity index (χ1) is 12.0. The van der Waals surface area contributed by atoms with Crippen molar-refractivity contribution >= 4 is 11.7 Å². The van der Waals surface area contributed by atoms with Crippen molar-refractivity contribution in [2.24, 2.45) is 0 Å². The lowest BCUT2D eigenvalue weighted by molar-refractivity contribution is 0.0743. The van der Waals surface area contributed by atoms with E-state index in [9.17, 15) is 4.79 Å². The van der Waals surface area contributed by atoms with Crippen LogP contribution in [-0.2, 0) is 0 Å². The van der Waals surface area contributed by atoms with Crippen LogP contribution in [0.4, 0.5) is 5.82 Å². The standard InChI is InChI=1S/C18H24N4O3/c1-12(2)17-16(13(3)20-25-17)18(23)22-9-7-21(8-10-22)15-11-14(24-4)5-6-19-15/h5-6,11-12H,7-10H2,1-4H3. The van der Waals surface area contributed by atoms with Crippen LogP contribution in [0.1, 0.15) is 41.6 Å². The Kier molecular flexibility index (Phi) is 4.92. The molecule has 0 atom stereocenters. The molecular weight excluding hydrogens is 320 g/mol. The maximum absolute atomic E-state index is 12.9. The van der Waals surface area contributed by atoms with Crippen molar-refractivity contribution in [1.82, 2.24) is 15.0 Å². The van der Waals surface area contributed by atoms with Gasteiger partial charge in [-0.15, -0.1) is 0 Å². The molecule has 0 saturated carbocycles. The van der Waals surface area contributed by atoms with Gasteiger partial charge in [-0.1, -0.05) is 19.0 Å². The zero-order chi connectivity index (χ0) is 18.0. The number of anilines is 1. The van der Waals surface area contributed by atoms with Crippen molar-refractivity contribution in [3.05, 3.63) is 35.3 Å². The van der Waals surface area contributed by atoms with E-state index < -0.39 is 0 Å². The minimum atomic E-state index is 0.000649. The number of aryl methyl sites for hydroxylation is 1.